The fourth-order valence-electron chi connectivity index (χ4n) is 4.05. The lowest BCUT2D eigenvalue weighted by atomic mass is 10.2. The summed E-state index contributed by atoms with van der Waals surface area (Å²) < 4.78 is 1.43. The van der Waals surface area contributed by atoms with Crippen LogP contribution in [-0.4, -0.2) is 37.9 Å². The molecule has 0 aliphatic heterocycles. The van der Waals surface area contributed by atoms with Gasteiger partial charge in [0.2, 0.25) is 0 Å². The first-order valence-electron chi connectivity index (χ1n) is 10.3. The molecule has 1 saturated carbocycles. The topological polar surface area (TPSA) is 118 Å². The number of nitrogens with zero attached hydrogens (tertiary/aromatic N) is 4. The lowest BCUT2D eigenvalue weighted by Gasteiger charge is -2.11. The highest BCUT2D eigenvalue weighted by molar-refractivity contribution is 6.10. The average molecular weight is 414 g/mol. The quantitative estimate of drug-likeness (QED) is 0.442. The number of nitrogens with two attached hydrogens (primary N) is 1. The standard InChI is InChI=1S/C23H22N6O2/c24-21-19(23(31)26-15-7-1-2-8-15)20-22(28-18-11-4-3-10-17(18)27-20)29(21)25-13-14-6-5-9-16(30)12-14/h3-6,9-13,15,30H,1-2,7-8,24H2,(H,26,31). The van der Waals surface area contributed by atoms with Crippen molar-refractivity contribution >= 4 is 40.1 Å². The zero-order valence-electron chi connectivity index (χ0n) is 16.8. The third-order valence-electron chi connectivity index (χ3n) is 5.58. The summed E-state index contributed by atoms with van der Waals surface area (Å²) in [5.74, 6) is 0.0548. The van der Waals surface area contributed by atoms with E-state index in [1.807, 2.05) is 24.3 Å². The molecule has 1 amide bonds. The molecule has 156 valence electrons. The van der Waals surface area contributed by atoms with Crippen LogP contribution in [-0.2, 0) is 0 Å². The van der Waals surface area contributed by atoms with Crippen LogP contribution in [0.5, 0.6) is 5.75 Å². The molecule has 1 aliphatic carbocycles. The number of aromatic nitrogens is 3. The Hall–Kier alpha value is -3.94. The second-order valence-electron chi connectivity index (χ2n) is 7.75. The summed E-state index contributed by atoms with van der Waals surface area (Å²) in [6.45, 7) is 0. The Bertz CT molecular complexity index is 1320. The number of rotatable bonds is 4. The Kier molecular flexibility index (Phi) is 4.74. The number of benzene rings is 2. The molecule has 0 radical (unpaired) electrons. The number of phenols is 1. The van der Waals surface area contributed by atoms with Crippen LogP contribution in [0.1, 0.15) is 41.6 Å². The molecule has 8 nitrogen and oxygen atoms in total. The number of anilines is 1. The predicted octanol–water partition coefficient (Wildman–Crippen LogP) is 3.43. The van der Waals surface area contributed by atoms with Crippen LogP contribution in [0.4, 0.5) is 5.82 Å². The molecule has 8 heteroatoms. The summed E-state index contributed by atoms with van der Waals surface area (Å²) in [5, 5.41) is 17.2. The molecule has 4 N–H and O–H groups in total. The number of nitrogen functional groups attached to an aromatic ring is 1. The Morgan fingerprint density at radius 2 is 1.87 bits per heavy atom. The number of fused-ring (bicyclic) bond motifs is 2. The zero-order chi connectivity index (χ0) is 21.4. The van der Waals surface area contributed by atoms with Crippen molar-refractivity contribution in [2.24, 2.45) is 5.10 Å². The number of aromatic hydroxyl groups is 1. The van der Waals surface area contributed by atoms with Crippen LogP contribution in [0.25, 0.3) is 22.2 Å². The van der Waals surface area contributed by atoms with Crippen molar-refractivity contribution in [3.8, 4) is 5.75 Å². The van der Waals surface area contributed by atoms with Gasteiger partial charge in [0.25, 0.3) is 5.91 Å². The maximum Gasteiger partial charge on any atom is 0.257 e. The van der Waals surface area contributed by atoms with Crippen molar-refractivity contribution in [1.29, 1.82) is 0 Å². The lowest BCUT2D eigenvalue weighted by Crippen LogP contribution is -2.33. The summed E-state index contributed by atoms with van der Waals surface area (Å²) in [4.78, 5) is 22.5. The Balaban J connectivity index is 1.65. The molecule has 4 aromatic rings. The molecule has 1 fully saturated rings. The van der Waals surface area contributed by atoms with Gasteiger partial charge in [-0.25, -0.2) is 9.97 Å². The highest BCUT2D eigenvalue weighted by Crippen LogP contribution is 2.28. The predicted molar refractivity (Wildman–Crippen MR) is 120 cm³/mol. The highest BCUT2D eigenvalue weighted by Gasteiger charge is 2.26. The summed E-state index contributed by atoms with van der Waals surface area (Å²) in [5.41, 5.74) is 9.57. The first-order valence-corrected chi connectivity index (χ1v) is 10.3. The van der Waals surface area contributed by atoms with Crippen molar-refractivity contribution in [2.45, 2.75) is 31.7 Å². The summed E-state index contributed by atoms with van der Waals surface area (Å²) in [6, 6.07) is 14.3. The minimum Gasteiger partial charge on any atom is -0.508 e. The van der Waals surface area contributed by atoms with E-state index in [1.165, 1.54) is 4.68 Å². The Labute approximate surface area is 178 Å². The van der Waals surface area contributed by atoms with E-state index < -0.39 is 0 Å². The van der Waals surface area contributed by atoms with Crippen LogP contribution < -0.4 is 11.1 Å². The minimum absolute atomic E-state index is 0.136. The van der Waals surface area contributed by atoms with Gasteiger partial charge in [-0.1, -0.05) is 37.1 Å². The van der Waals surface area contributed by atoms with E-state index in [0.717, 1.165) is 25.7 Å². The van der Waals surface area contributed by atoms with Crippen molar-refractivity contribution in [1.82, 2.24) is 20.0 Å². The van der Waals surface area contributed by atoms with Crippen molar-refractivity contribution in [3.05, 3.63) is 59.7 Å². The molecular formula is C23H22N6O2. The third kappa shape index (κ3) is 3.56. The molecule has 0 atom stereocenters. The van der Waals surface area contributed by atoms with Crippen molar-refractivity contribution in [2.75, 3.05) is 5.73 Å². The van der Waals surface area contributed by atoms with E-state index in [0.29, 0.717) is 27.8 Å². The van der Waals surface area contributed by atoms with Crippen LogP contribution in [0, 0.1) is 0 Å². The molecule has 0 unspecified atom stereocenters. The monoisotopic (exact) mass is 414 g/mol. The maximum absolute atomic E-state index is 13.1. The first kappa shape index (κ1) is 19.0. The Morgan fingerprint density at radius 3 is 2.61 bits per heavy atom. The summed E-state index contributed by atoms with van der Waals surface area (Å²) >= 11 is 0. The fraction of sp³-hybridized carbons (Fsp3) is 0.217. The Morgan fingerprint density at radius 1 is 1.13 bits per heavy atom. The van der Waals surface area contributed by atoms with Gasteiger partial charge in [-0.2, -0.15) is 9.78 Å². The molecular weight excluding hydrogens is 392 g/mol. The first-order chi connectivity index (χ1) is 15.1. The van der Waals surface area contributed by atoms with Crippen LogP contribution >= 0.6 is 0 Å². The molecule has 31 heavy (non-hydrogen) atoms. The highest BCUT2D eigenvalue weighted by atomic mass is 16.3. The number of para-hydroxylation sites is 2. The van der Waals surface area contributed by atoms with Gasteiger partial charge < -0.3 is 16.2 Å². The van der Waals surface area contributed by atoms with Gasteiger partial charge in [0.05, 0.1) is 17.2 Å². The summed E-state index contributed by atoms with van der Waals surface area (Å²) in [6.07, 6.45) is 5.72. The largest absolute Gasteiger partial charge is 0.508 e. The number of carbonyl (C=O) groups excluding carboxylic acids is 1. The van der Waals surface area contributed by atoms with Gasteiger partial charge in [-0.15, -0.1) is 0 Å². The van der Waals surface area contributed by atoms with E-state index in [-0.39, 0.29) is 29.1 Å². The second kappa shape index (κ2) is 7.71. The number of phenolic OH excluding ortho intramolecular Hbond substituents is 1. The van der Waals surface area contributed by atoms with E-state index in [9.17, 15) is 9.90 Å². The van der Waals surface area contributed by atoms with Crippen LogP contribution in [0.2, 0.25) is 0 Å². The molecule has 0 bridgehead atoms. The number of amides is 1. The lowest BCUT2D eigenvalue weighted by molar-refractivity contribution is 0.0940. The summed E-state index contributed by atoms with van der Waals surface area (Å²) in [7, 11) is 0. The van der Waals surface area contributed by atoms with Crippen LogP contribution in [0.15, 0.2) is 53.6 Å². The van der Waals surface area contributed by atoms with Gasteiger partial charge in [-0.3, -0.25) is 4.79 Å². The molecule has 5 rings (SSSR count). The van der Waals surface area contributed by atoms with Gasteiger partial charge in [-0.05, 0) is 42.7 Å². The van der Waals surface area contributed by atoms with Gasteiger partial charge >= 0.3 is 0 Å². The number of nitrogens with one attached hydrogen (secondary N) is 1. The maximum atomic E-state index is 13.1. The van der Waals surface area contributed by atoms with Crippen molar-refractivity contribution < 1.29 is 9.90 Å². The van der Waals surface area contributed by atoms with E-state index in [4.69, 9.17) is 5.73 Å². The van der Waals surface area contributed by atoms with E-state index >= 15 is 0 Å². The number of hydrogen-bond acceptors (Lipinski definition) is 6. The number of carbonyl (C=O) groups is 1. The smallest absolute Gasteiger partial charge is 0.257 e. The minimum atomic E-state index is -0.259. The second-order valence-corrected chi connectivity index (χ2v) is 7.75. The zero-order valence-corrected chi connectivity index (χ0v) is 16.8. The van der Waals surface area contributed by atoms with Gasteiger partial charge in [0.15, 0.2) is 5.65 Å². The fourth-order valence-corrected chi connectivity index (χ4v) is 4.05. The molecule has 0 spiro atoms. The molecule has 2 aromatic carbocycles. The molecule has 1 aliphatic rings. The average Bonchev–Trinajstić information content (AvgIpc) is 3.36. The molecule has 0 saturated heterocycles. The van der Waals surface area contributed by atoms with Gasteiger partial charge in [0.1, 0.15) is 22.6 Å². The normalized spacial score (nSPS) is 14.7. The molecule has 2 heterocycles. The van der Waals surface area contributed by atoms with E-state index in [1.54, 1.807) is 30.5 Å². The van der Waals surface area contributed by atoms with E-state index in [2.05, 4.69) is 20.4 Å². The molecule has 2 aromatic heterocycles. The van der Waals surface area contributed by atoms with Crippen LogP contribution in [0.3, 0.4) is 0 Å². The van der Waals surface area contributed by atoms with Crippen molar-refractivity contribution in [3.63, 3.8) is 0 Å². The SMILES string of the molecule is Nc1c(C(=O)NC2CCCC2)c2nc3ccccc3nc2n1N=Cc1cccc(O)c1. The van der Waals surface area contributed by atoms with Gasteiger partial charge in [0, 0.05) is 6.04 Å². The number of hydrogen-bond donors (Lipinski definition) is 3. The third-order valence-corrected chi connectivity index (χ3v) is 5.58.